The summed E-state index contributed by atoms with van der Waals surface area (Å²) in [7, 11) is 0. The average molecular weight is 391 g/mol. The zero-order chi connectivity index (χ0) is 18.5. The van der Waals surface area contributed by atoms with Crippen molar-refractivity contribution < 1.29 is 14.3 Å². The van der Waals surface area contributed by atoms with Crippen molar-refractivity contribution in [1.82, 2.24) is 5.01 Å². The lowest BCUT2D eigenvalue weighted by atomic mass is 10.2. The lowest BCUT2D eigenvalue weighted by molar-refractivity contribution is -0.136. The van der Waals surface area contributed by atoms with E-state index in [1.54, 1.807) is 24.3 Å². The van der Waals surface area contributed by atoms with E-state index in [0.717, 1.165) is 5.56 Å². The summed E-state index contributed by atoms with van der Waals surface area (Å²) in [4.78, 5) is 11.8. The summed E-state index contributed by atoms with van der Waals surface area (Å²) in [6, 6.07) is 14.6. The van der Waals surface area contributed by atoms with Crippen molar-refractivity contribution in [2.24, 2.45) is 5.10 Å². The molecule has 134 valence electrons. The van der Waals surface area contributed by atoms with Crippen molar-refractivity contribution in [3.8, 4) is 5.75 Å². The number of carbonyl (C=O) groups excluding carboxylic acids is 1. The van der Waals surface area contributed by atoms with Crippen molar-refractivity contribution in [1.29, 1.82) is 0 Å². The summed E-state index contributed by atoms with van der Waals surface area (Å²) in [5.41, 5.74) is 1.00. The van der Waals surface area contributed by atoms with Gasteiger partial charge in [-0.1, -0.05) is 53.5 Å². The number of rotatable bonds is 5. The maximum Gasteiger partial charge on any atom is 0.243 e. The molecule has 1 heterocycles. The van der Waals surface area contributed by atoms with Gasteiger partial charge in [0.2, 0.25) is 18.0 Å². The Morgan fingerprint density at radius 3 is 2.69 bits per heavy atom. The smallest absolute Gasteiger partial charge is 0.243 e. The molecule has 1 atom stereocenters. The Bertz CT molecular complexity index is 853. The number of ether oxygens (including phenoxy) is 2. The molecule has 0 bridgehead atoms. The first kappa shape index (κ1) is 18.3. The second kappa shape index (κ2) is 8.25. The molecule has 26 heavy (non-hydrogen) atoms. The third-order valence-corrected chi connectivity index (χ3v) is 4.08. The van der Waals surface area contributed by atoms with Gasteiger partial charge in [-0.05, 0) is 29.8 Å². The van der Waals surface area contributed by atoms with Gasteiger partial charge in [0.15, 0.2) is 0 Å². The molecular formula is C19H16Cl2N2O3. The first-order chi connectivity index (χ1) is 12.5. The molecule has 0 saturated carbocycles. The highest BCUT2D eigenvalue weighted by Crippen LogP contribution is 2.28. The molecule has 2 aromatic rings. The number of carbonyl (C=O) groups is 1. The number of hydrogen-bond donors (Lipinski definition) is 0. The Morgan fingerprint density at radius 1 is 1.23 bits per heavy atom. The van der Waals surface area contributed by atoms with Crippen LogP contribution in [0.2, 0.25) is 10.0 Å². The van der Waals surface area contributed by atoms with E-state index in [-0.39, 0.29) is 12.5 Å². The Kier molecular flexibility index (Phi) is 5.81. The zero-order valence-corrected chi connectivity index (χ0v) is 15.4. The van der Waals surface area contributed by atoms with Crippen LogP contribution >= 0.6 is 23.2 Å². The molecular weight excluding hydrogens is 375 g/mol. The zero-order valence-electron chi connectivity index (χ0n) is 13.9. The van der Waals surface area contributed by atoms with Crippen molar-refractivity contribution >= 4 is 41.1 Å². The standard InChI is InChI=1S/C19H16Cl2N2O3/c1-13(24)23-19(12-25-17-9-8-15(20)11-16(17)21)26-18(22-23)10-7-14-5-3-2-4-6-14/h2-11,19H,12H2,1H3/b10-7+/t19-/m0/s1. The molecule has 2 aromatic carbocycles. The molecule has 0 N–H and O–H groups in total. The fourth-order valence-electron chi connectivity index (χ4n) is 2.32. The lowest BCUT2D eigenvalue weighted by Gasteiger charge is -2.19. The lowest BCUT2D eigenvalue weighted by Crippen LogP contribution is -2.36. The summed E-state index contributed by atoms with van der Waals surface area (Å²) < 4.78 is 11.4. The maximum atomic E-state index is 11.8. The minimum atomic E-state index is -0.672. The molecule has 0 fully saturated rings. The van der Waals surface area contributed by atoms with Crippen molar-refractivity contribution in [3.63, 3.8) is 0 Å². The van der Waals surface area contributed by atoms with Crippen LogP contribution in [0.3, 0.4) is 0 Å². The van der Waals surface area contributed by atoms with E-state index in [0.29, 0.717) is 21.7 Å². The largest absolute Gasteiger partial charge is 0.486 e. The molecule has 0 aliphatic carbocycles. The van der Waals surface area contributed by atoms with Gasteiger partial charge in [0.1, 0.15) is 12.4 Å². The van der Waals surface area contributed by atoms with Crippen LogP contribution in [0.5, 0.6) is 5.75 Å². The normalized spacial score (nSPS) is 16.5. The SMILES string of the molecule is CC(=O)N1N=C(/C=C/c2ccccc2)O[C@H]1COc1ccc(Cl)cc1Cl. The highest BCUT2D eigenvalue weighted by atomic mass is 35.5. The molecule has 0 unspecified atom stereocenters. The molecule has 0 spiro atoms. The molecule has 0 saturated heterocycles. The fraction of sp³-hybridized carbons (Fsp3) is 0.158. The first-order valence-corrected chi connectivity index (χ1v) is 8.64. The minimum Gasteiger partial charge on any atom is -0.486 e. The first-order valence-electron chi connectivity index (χ1n) is 7.89. The monoisotopic (exact) mass is 390 g/mol. The van der Waals surface area contributed by atoms with Crippen LogP contribution < -0.4 is 4.74 Å². The topological polar surface area (TPSA) is 51.1 Å². The summed E-state index contributed by atoms with van der Waals surface area (Å²) >= 11 is 12.0. The van der Waals surface area contributed by atoms with Gasteiger partial charge in [0, 0.05) is 18.0 Å². The molecule has 1 aliphatic heterocycles. The number of halogens is 2. The maximum absolute atomic E-state index is 11.8. The Balaban J connectivity index is 1.66. The molecule has 3 rings (SSSR count). The van der Waals surface area contributed by atoms with Gasteiger partial charge in [-0.25, -0.2) is 0 Å². The van der Waals surface area contributed by atoms with Crippen LogP contribution in [0.1, 0.15) is 12.5 Å². The summed E-state index contributed by atoms with van der Waals surface area (Å²) in [6.45, 7) is 1.49. The van der Waals surface area contributed by atoms with E-state index in [2.05, 4.69) is 5.10 Å². The van der Waals surface area contributed by atoms with E-state index < -0.39 is 6.23 Å². The summed E-state index contributed by atoms with van der Waals surface area (Å²) in [5, 5.41) is 6.33. The molecule has 1 aliphatic rings. The van der Waals surface area contributed by atoms with Gasteiger partial charge in [-0.2, -0.15) is 5.01 Å². The van der Waals surface area contributed by atoms with Gasteiger partial charge in [0.05, 0.1) is 5.02 Å². The average Bonchev–Trinajstić information content (AvgIpc) is 3.04. The van der Waals surface area contributed by atoms with Gasteiger partial charge >= 0.3 is 0 Å². The Labute approximate surface area is 161 Å². The third-order valence-electron chi connectivity index (χ3n) is 3.55. The molecule has 7 heteroatoms. The van der Waals surface area contributed by atoms with Crippen LogP contribution in [0, 0.1) is 0 Å². The Morgan fingerprint density at radius 2 is 2.00 bits per heavy atom. The van der Waals surface area contributed by atoms with Gasteiger partial charge in [0.25, 0.3) is 0 Å². The van der Waals surface area contributed by atoms with Crippen molar-refractivity contribution in [2.75, 3.05) is 6.61 Å². The van der Waals surface area contributed by atoms with Crippen LogP contribution in [-0.4, -0.2) is 29.6 Å². The number of amides is 1. The van der Waals surface area contributed by atoms with Crippen molar-refractivity contribution in [2.45, 2.75) is 13.2 Å². The van der Waals surface area contributed by atoms with Crippen LogP contribution in [0.25, 0.3) is 6.08 Å². The van der Waals surface area contributed by atoms with Gasteiger partial charge < -0.3 is 9.47 Å². The van der Waals surface area contributed by atoms with Crippen LogP contribution in [0.15, 0.2) is 59.7 Å². The van der Waals surface area contributed by atoms with E-state index in [4.69, 9.17) is 32.7 Å². The molecule has 1 amide bonds. The molecule has 0 radical (unpaired) electrons. The highest BCUT2D eigenvalue weighted by Gasteiger charge is 2.30. The number of nitrogens with zero attached hydrogens (tertiary/aromatic N) is 2. The van der Waals surface area contributed by atoms with Gasteiger partial charge in [-0.3, -0.25) is 4.79 Å². The Hall–Kier alpha value is -2.50. The summed E-state index contributed by atoms with van der Waals surface area (Å²) in [5.74, 6) is 0.542. The second-order valence-corrected chi connectivity index (χ2v) is 6.35. The van der Waals surface area contributed by atoms with Gasteiger partial charge in [-0.15, -0.1) is 5.10 Å². The van der Waals surface area contributed by atoms with E-state index in [1.165, 1.54) is 11.9 Å². The van der Waals surface area contributed by atoms with E-state index in [1.807, 2.05) is 36.4 Å². The third kappa shape index (κ3) is 4.56. The van der Waals surface area contributed by atoms with E-state index >= 15 is 0 Å². The second-order valence-electron chi connectivity index (χ2n) is 5.50. The van der Waals surface area contributed by atoms with Crippen LogP contribution in [-0.2, 0) is 9.53 Å². The van der Waals surface area contributed by atoms with Crippen molar-refractivity contribution in [3.05, 3.63) is 70.2 Å². The number of hydrogen-bond acceptors (Lipinski definition) is 4. The van der Waals surface area contributed by atoms with E-state index in [9.17, 15) is 4.79 Å². The predicted octanol–water partition coefficient (Wildman–Crippen LogP) is 4.60. The van der Waals surface area contributed by atoms with Crippen LogP contribution in [0.4, 0.5) is 0 Å². The highest BCUT2D eigenvalue weighted by molar-refractivity contribution is 6.35. The quantitative estimate of drug-likeness (QED) is 0.749. The molecule has 5 nitrogen and oxygen atoms in total. The number of hydrazone groups is 1. The minimum absolute atomic E-state index is 0.0765. The molecule has 0 aromatic heterocycles. The number of benzene rings is 2. The predicted molar refractivity (Wildman–Crippen MR) is 102 cm³/mol. The summed E-state index contributed by atoms with van der Waals surface area (Å²) in [6.07, 6.45) is 2.89. The fourth-order valence-corrected chi connectivity index (χ4v) is 2.78.